The molecule has 2 aromatic carbocycles. The minimum Gasteiger partial charge on any atom is -0.488 e. The molecule has 0 spiro atoms. The highest BCUT2D eigenvalue weighted by molar-refractivity contribution is 6.35. The lowest BCUT2D eigenvalue weighted by molar-refractivity contribution is -0.128. The van der Waals surface area contributed by atoms with Crippen LogP contribution in [0.5, 0.6) is 5.75 Å². The molecule has 0 atom stereocenters. The molecule has 0 saturated carbocycles. The lowest BCUT2D eigenvalue weighted by Crippen LogP contribution is -2.29. The van der Waals surface area contributed by atoms with Crippen LogP contribution in [0.15, 0.2) is 42.5 Å². The van der Waals surface area contributed by atoms with Gasteiger partial charge in [-0.25, -0.2) is 4.79 Å². The van der Waals surface area contributed by atoms with E-state index in [2.05, 4.69) is 0 Å². The third-order valence-electron chi connectivity index (χ3n) is 4.27. The van der Waals surface area contributed by atoms with E-state index in [0.717, 1.165) is 18.5 Å². The fourth-order valence-corrected chi connectivity index (χ4v) is 3.29. The van der Waals surface area contributed by atoms with E-state index in [1.807, 2.05) is 0 Å². The predicted molar refractivity (Wildman–Crippen MR) is 103 cm³/mol. The molecule has 1 heterocycles. The summed E-state index contributed by atoms with van der Waals surface area (Å²) in [6.45, 7) is 1.48. The van der Waals surface area contributed by atoms with Crippen LogP contribution in [0.25, 0.3) is 0 Å². The van der Waals surface area contributed by atoms with Crippen molar-refractivity contribution in [2.75, 3.05) is 19.7 Å². The van der Waals surface area contributed by atoms with Gasteiger partial charge in [-0.3, -0.25) is 4.79 Å². The predicted octanol–water partition coefficient (Wildman–Crippen LogP) is 4.35. The molecule has 1 fully saturated rings. The van der Waals surface area contributed by atoms with Crippen LogP contribution in [0.3, 0.4) is 0 Å². The Morgan fingerprint density at radius 1 is 1.15 bits per heavy atom. The number of amides is 1. The van der Waals surface area contributed by atoms with Crippen LogP contribution in [0, 0.1) is 0 Å². The Kier molecular flexibility index (Phi) is 6.58. The maximum atomic E-state index is 12.4. The molecule has 3 rings (SSSR count). The third-order valence-corrected chi connectivity index (χ3v) is 4.86. The van der Waals surface area contributed by atoms with Crippen molar-refractivity contribution in [1.82, 2.24) is 4.90 Å². The highest BCUT2D eigenvalue weighted by Crippen LogP contribution is 2.25. The first-order valence-corrected chi connectivity index (χ1v) is 9.41. The van der Waals surface area contributed by atoms with E-state index in [0.29, 0.717) is 34.3 Å². The normalized spacial score (nSPS) is 13.7. The molecule has 1 amide bonds. The summed E-state index contributed by atoms with van der Waals surface area (Å²) in [5.41, 5.74) is 1.09. The molecule has 0 N–H and O–H groups in total. The third kappa shape index (κ3) is 5.15. The van der Waals surface area contributed by atoms with Crippen LogP contribution >= 0.6 is 23.2 Å². The highest BCUT2D eigenvalue weighted by atomic mass is 35.5. The Balaban J connectivity index is 1.59. The number of ether oxygens (including phenoxy) is 2. The van der Waals surface area contributed by atoms with Gasteiger partial charge in [0.05, 0.1) is 6.54 Å². The number of rotatable bonds is 7. The first kappa shape index (κ1) is 19.5. The van der Waals surface area contributed by atoms with Crippen LogP contribution in [0.2, 0.25) is 10.0 Å². The Hall–Kier alpha value is -2.24. The molecule has 0 bridgehead atoms. The highest BCUT2D eigenvalue weighted by Gasteiger charge is 2.20. The monoisotopic (exact) mass is 407 g/mol. The summed E-state index contributed by atoms with van der Waals surface area (Å²) in [6, 6.07) is 12.0. The summed E-state index contributed by atoms with van der Waals surface area (Å²) >= 11 is 12.0. The molecule has 7 heteroatoms. The van der Waals surface area contributed by atoms with Crippen molar-refractivity contribution in [3.05, 3.63) is 63.6 Å². The fraction of sp³-hybridized carbons (Fsp3) is 0.300. The number of carbonyl (C=O) groups excluding carboxylic acids is 2. The number of halogens is 2. The Bertz CT molecular complexity index is 840. The van der Waals surface area contributed by atoms with Crippen LogP contribution < -0.4 is 4.74 Å². The lowest BCUT2D eigenvalue weighted by Gasteiger charge is -2.16. The van der Waals surface area contributed by atoms with Gasteiger partial charge in [-0.2, -0.15) is 0 Å². The molecular formula is C20H19Cl2NO4. The largest absolute Gasteiger partial charge is 0.488 e. The maximum absolute atomic E-state index is 12.4. The first-order valence-electron chi connectivity index (χ1n) is 8.65. The van der Waals surface area contributed by atoms with Crippen LogP contribution in [0.4, 0.5) is 0 Å². The van der Waals surface area contributed by atoms with Crippen LogP contribution in [-0.2, 0) is 16.1 Å². The van der Waals surface area contributed by atoms with Crippen molar-refractivity contribution >= 4 is 35.1 Å². The zero-order chi connectivity index (χ0) is 19.2. The Labute approximate surface area is 167 Å². The lowest BCUT2D eigenvalue weighted by atomic mass is 10.2. The molecule has 142 valence electrons. The molecular weight excluding hydrogens is 389 g/mol. The van der Waals surface area contributed by atoms with Crippen molar-refractivity contribution < 1.29 is 19.1 Å². The first-order chi connectivity index (χ1) is 13.0. The number of likely N-dealkylation sites (tertiary alicyclic amines) is 1. The summed E-state index contributed by atoms with van der Waals surface area (Å²) in [7, 11) is 0. The second-order valence-corrected chi connectivity index (χ2v) is 6.98. The van der Waals surface area contributed by atoms with Gasteiger partial charge in [0.2, 0.25) is 5.91 Å². The standard InChI is InChI=1S/C20H19Cl2NO4/c21-15-8-7-14(17(22)12-15)13-27-18-5-2-1-4-16(18)20(25)26-11-10-23-9-3-6-19(23)24/h1-2,4-5,7-8,12H,3,6,9-11,13H2. The SMILES string of the molecule is O=C(OCCN1CCCC1=O)c1ccccc1OCc1ccc(Cl)cc1Cl. The quantitative estimate of drug-likeness (QED) is 0.640. The number of nitrogens with zero attached hydrogens (tertiary/aromatic N) is 1. The van der Waals surface area contributed by atoms with Gasteiger partial charge in [0.1, 0.15) is 24.5 Å². The second kappa shape index (κ2) is 9.11. The number of carbonyl (C=O) groups is 2. The van der Waals surface area contributed by atoms with E-state index in [1.54, 1.807) is 47.4 Å². The average Bonchev–Trinajstić information content (AvgIpc) is 3.06. The molecule has 5 nitrogen and oxygen atoms in total. The molecule has 1 aliphatic heterocycles. The van der Waals surface area contributed by atoms with Gasteiger partial charge in [-0.1, -0.05) is 41.4 Å². The van der Waals surface area contributed by atoms with Crippen LogP contribution in [-0.4, -0.2) is 36.5 Å². The van der Waals surface area contributed by atoms with Crippen molar-refractivity contribution in [2.24, 2.45) is 0 Å². The minimum absolute atomic E-state index is 0.106. The number of para-hydroxylation sites is 1. The molecule has 0 aromatic heterocycles. The van der Waals surface area contributed by atoms with E-state index >= 15 is 0 Å². The summed E-state index contributed by atoms with van der Waals surface area (Å²) in [5.74, 6) is 0.0276. The number of hydrogen-bond donors (Lipinski definition) is 0. The van der Waals surface area contributed by atoms with E-state index in [1.165, 1.54) is 0 Å². The second-order valence-electron chi connectivity index (χ2n) is 6.14. The van der Waals surface area contributed by atoms with Gasteiger partial charge in [0, 0.05) is 28.6 Å². The summed E-state index contributed by atoms with van der Waals surface area (Å²) < 4.78 is 11.1. The smallest absolute Gasteiger partial charge is 0.341 e. The van der Waals surface area contributed by atoms with Crippen molar-refractivity contribution in [1.29, 1.82) is 0 Å². The summed E-state index contributed by atoms with van der Waals surface area (Å²) in [6.07, 6.45) is 1.43. The zero-order valence-electron chi connectivity index (χ0n) is 14.6. The fourth-order valence-electron chi connectivity index (χ4n) is 2.82. The van der Waals surface area contributed by atoms with Gasteiger partial charge in [-0.15, -0.1) is 0 Å². The molecule has 0 radical (unpaired) electrons. The maximum Gasteiger partial charge on any atom is 0.341 e. The number of benzene rings is 2. The van der Waals surface area contributed by atoms with Gasteiger partial charge < -0.3 is 14.4 Å². The zero-order valence-corrected chi connectivity index (χ0v) is 16.1. The Morgan fingerprint density at radius 3 is 2.70 bits per heavy atom. The van der Waals surface area contributed by atoms with E-state index in [-0.39, 0.29) is 19.1 Å². The molecule has 0 aliphatic carbocycles. The van der Waals surface area contributed by atoms with Gasteiger partial charge in [0.15, 0.2) is 0 Å². The van der Waals surface area contributed by atoms with E-state index < -0.39 is 5.97 Å². The van der Waals surface area contributed by atoms with E-state index in [9.17, 15) is 9.59 Å². The number of hydrogen-bond acceptors (Lipinski definition) is 4. The van der Waals surface area contributed by atoms with Gasteiger partial charge in [-0.05, 0) is 30.7 Å². The van der Waals surface area contributed by atoms with Crippen molar-refractivity contribution in [3.8, 4) is 5.75 Å². The van der Waals surface area contributed by atoms with Crippen molar-refractivity contribution in [3.63, 3.8) is 0 Å². The molecule has 1 saturated heterocycles. The molecule has 1 aliphatic rings. The summed E-state index contributed by atoms with van der Waals surface area (Å²) in [4.78, 5) is 25.7. The van der Waals surface area contributed by atoms with Crippen molar-refractivity contribution in [2.45, 2.75) is 19.4 Å². The summed E-state index contributed by atoms with van der Waals surface area (Å²) in [5, 5.41) is 1.04. The van der Waals surface area contributed by atoms with E-state index in [4.69, 9.17) is 32.7 Å². The Morgan fingerprint density at radius 2 is 1.96 bits per heavy atom. The van der Waals surface area contributed by atoms with Gasteiger partial charge in [0.25, 0.3) is 0 Å². The minimum atomic E-state index is -0.487. The number of esters is 1. The average molecular weight is 408 g/mol. The van der Waals surface area contributed by atoms with Gasteiger partial charge >= 0.3 is 5.97 Å². The topological polar surface area (TPSA) is 55.8 Å². The molecule has 27 heavy (non-hydrogen) atoms. The van der Waals surface area contributed by atoms with Crippen LogP contribution in [0.1, 0.15) is 28.8 Å². The molecule has 2 aromatic rings. The molecule has 0 unspecified atom stereocenters.